The molecule has 2 rings (SSSR count). The van der Waals surface area contributed by atoms with Crippen LogP contribution in [0.2, 0.25) is 0 Å². The number of methoxy groups -OCH3 is 1. The van der Waals surface area contributed by atoms with E-state index in [2.05, 4.69) is 4.98 Å². The van der Waals surface area contributed by atoms with Gasteiger partial charge in [0.25, 0.3) is 5.91 Å². The van der Waals surface area contributed by atoms with Gasteiger partial charge in [0.1, 0.15) is 5.56 Å². The van der Waals surface area contributed by atoms with Crippen LogP contribution in [-0.4, -0.2) is 42.7 Å². The lowest BCUT2D eigenvalue weighted by molar-refractivity contribution is 0.0675. The van der Waals surface area contributed by atoms with Crippen LogP contribution < -0.4 is 4.74 Å². The molecular formula is C18H22N2O3. The second-order valence-corrected chi connectivity index (χ2v) is 4.99. The zero-order valence-corrected chi connectivity index (χ0v) is 13.6. The third kappa shape index (κ3) is 4.79. The molecular weight excluding hydrogens is 292 g/mol. The van der Waals surface area contributed by atoms with Crippen molar-refractivity contribution < 1.29 is 14.3 Å². The molecule has 0 N–H and O–H groups in total. The molecule has 0 saturated heterocycles. The fourth-order valence-electron chi connectivity index (χ4n) is 2.23. The maximum absolute atomic E-state index is 12.9. The van der Waals surface area contributed by atoms with Crippen LogP contribution in [0.4, 0.5) is 0 Å². The molecule has 0 radical (unpaired) electrons. The molecule has 0 atom stereocenters. The van der Waals surface area contributed by atoms with Crippen molar-refractivity contribution in [3.05, 3.63) is 59.8 Å². The third-order valence-corrected chi connectivity index (χ3v) is 3.35. The molecule has 0 aliphatic heterocycles. The average Bonchev–Trinajstić information content (AvgIpc) is 2.60. The Morgan fingerprint density at radius 2 is 1.96 bits per heavy atom. The van der Waals surface area contributed by atoms with Crippen LogP contribution in [0.15, 0.2) is 48.7 Å². The Balaban J connectivity index is 2.22. The summed E-state index contributed by atoms with van der Waals surface area (Å²) in [6, 6.07) is 13.4. The number of amides is 1. The monoisotopic (exact) mass is 314 g/mol. The number of benzene rings is 1. The Morgan fingerprint density at radius 3 is 2.65 bits per heavy atom. The quantitative estimate of drug-likeness (QED) is 0.752. The molecule has 2 aromatic rings. The minimum absolute atomic E-state index is 0.109. The van der Waals surface area contributed by atoms with Gasteiger partial charge in [-0.25, -0.2) is 4.98 Å². The topological polar surface area (TPSA) is 51.7 Å². The van der Waals surface area contributed by atoms with Crippen LogP contribution in [0.25, 0.3) is 0 Å². The summed E-state index contributed by atoms with van der Waals surface area (Å²) in [6.45, 7) is 3.83. The molecule has 1 amide bonds. The number of ether oxygens (including phenoxy) is 2. The van der Waals surface area contributed by atoms with Gasteiger partial charge >= 0.3 is 0 Å². The summed E-state index contributed by atoms with van der Waals surface area (Å²) in [5, 5.41) is 0. The highest BCUT2D eigenvalue weighted by Crippen LogP contribution is 2.18. The van der Waals surface area contributed by atoms with E-state index in [1.54, 1.807) is 30.3 Å². The first-order valence-electron chi connectivity index (χ1n) is 7.66. The maximum Gasteiger partial charge on any atom is 0.259 e. The van der Waals surface area contributed by atoms with Crippen LogP contribution in [0, 0.1) is 0 Å². The lowest BCUT2D eigenvalue weighted by Crippen LogP contribution is -2.33. The van der Waals surface area contributed by atoms with Gasteiger partial charge < -0.3 is 14.4 Å². The highest BCUT2D eigenvalue weighted by molar-refractivity contribution is 5.96. The molecule has 122 valence electrons. The van der Waals surface area contributed by atoms with Gasteiger partial charge in [-0.15, -0.1) is 0 Å². The lowest BCUT2D eigenvalue weighted by Gasteiger charge is -2.23. The maximum atomic E-state index is 12.9. The zero-order valence-electron chi connectivity index (χ0n) is 13.6. The Kier molecular flexibility index (Phi) is 6.56. The Bertz CT molecular complexity index is 617. The molecule has 0 spiro atoms. The van der Waals surface area contributed by atoms with Crippen molar-refractivity contribution in [3.63, 3.8) is 0 Å². The average molecular weight is 314 g/mol. The number of carbonyl (C=O) groups is 1. The second kappa shape index (κ2) is 8.90. The van der Waals surface area contributed by atoms with Crippen LogP contribution >= 0.6 is 0 Å². The Hall–Kier alpha value is -2.40. The first kappa shape index (κ1) is 17.0. The van der Waals surface area contributed by atoms with E-state index >= 15 is 0 Å². The highest BCUT2D eigenvalue weighted by Gasteiger charge is 2.20. The summed E-state index contributed by atoms with van der Waals surface area (Å²) >= 11 is 0. The molecule has 0 fully saturated rings. The van der Waals surface area contributed by atoms with Crippen LogP contribution in [0.3, 0.4) is 0 Å². The molecule has 0 bridgehead atoms. The Morgan fingerprint density at radius 1 is 1.17 bits per heavy atom. The summed E-state index contributed by atoms with van der Waals surface area (Å²) in [6.07, 6.45) is 1.62. The van der Waals surface area contributed by atoms with E-state index in [-0.39, 0.29) is 5.91 Å². The molecule has 23 heavy (non-hydrogen) atoms. The molecule has 5 nitrogen and oxygen atoms in total. The predicted molar refractivity (Wildman–Crippen MR) is 88.5 cm³/mol. The van der Waals surface area contributed by atoms with Gasteiger partial charge in [-0.05, 0) is 24.6 Å². The molecule has 0 saturated carbocycles. The van der Waals surface area contributed by atoms with Crippen molar-refractivity contribution in [3.8, 4) is 5.88 Å². The minimum Gasteiger partial charge on any atom is -0.477 e. The van der Waals surface area contributed by atoms with Gasteiger partial charge in [-0.1, -0.05) is 30.3 Å². The lowest BCUT2D eigenvalue weighted by atomic mass is 10.2. The van der Waals surface area contributed by atoms with E-state index in [1.165, 1.54) is 0 Å². The number of carbonyl (C=O) groups excluding carboxylic acids is 1. The van der Waals surface area contributed by atoms with Crippen molar-refractivity contribution in [2.45, 2.75) is 13.5 Å². The zero-order chi connectivity index (χ0) is 16.5. The summed E-state index contributed by atoms with van der Waals surface area (Å²) in [7, 11) is 1.63. The van der Waals surface area contributed by atoms with E-state index in [1.807, 2.05) is 37.3 Å². The van der Waals surface area contributed by atoms with Crippen molar-refractivity contribution in [1.29, 1.82) is 0 Å². The van der Waals surface area contributed by atoms with E-state index in [4.69, 9.17) is 9.47 Å². The summed E-state index contributed by atoms with van der Waals surface area (Å²) < 4.78 is 10.6. The van der Waals surface area contributed by atoms with Gasteiger partial charge in [-0.2, -0.15) is 0 Å². The molecule has 1 heterocycles. The number of nitrogens with zero attached hydrogens (tertiary/aromatic N) is 2. The van der Waals surface area contributed by atoms with Gasteiger partial charge in [-0.3, -0.25) is 4.79 Å². The minimum atomic E-state index is -0.109. The number of aromatic nitrogens is 1. The first-order chi connectivity index (χ1) is 11.3. The fourth-order valence-corrected chi connectivity index (χ4v) is 2.23. The van der Waals surface area contributed by atoms with Crippen LogP contribution in [-0.2, 0) is 11.3 Å². The van der Waals surface area contributed by atoms with Crippen LogP contribution in [0.1, 0.15) is 22.8 Å². The number of rotatable bonds is 8. The largest absolute Gasteiger partial charge is 0.477 e. The SMILES string of the molecule is CCOc1ncccc1C(=O)N(CCOC)Cc1ccccc1. The van der Waals surface area contributed by atoms with E-state index in [0.717, 1.165) is 5.56 Å². The molecule has 1 aromatic heterocycles. The van der Waals surface area contributed by atoms with E-state index in [0.29, 0.717) is 37.7 Å². The number of hydrogen-bond acceptors (Lipinski definition) is 4. The molecule has 0 aliphatic carbocycles. The van der Waals surface area contributed by atoms with Gasteiger partial charge in [0.2, 0.25) is 5.88 Å². The number of hydrogen-bond donors (Lipinski definition) is 0. The van der Waals surface area contributed by atoms with Gasteiger partial charge in [0.15, 0.2) is 0 Å². The number of pyridine rings is 1. The third-order valence-electron chi connectivity index (χ3n) is 3.35. The normalized spacial score (nSPS) is 10.3. The summed E-state index contributed by atoms with van der Waals surface area (Å²) in [4.78, 5) is 18.8. The first-order valence-corrected chi connectivity index (χ1v) is 7.66. The van der Waals surface area contributed by atoms with E-state index in [9.17, 15) is 4.79 Å². The van der Waals surface area contributed by atoms with E-state index < -0.39 is 0 Å². The standard InChI is InChI=1S/C18H22N2O3/c1-3-23-17-16(10-7-11-19-17)18(21)20(12-13-22-2)14-15-8-5-4-6-9-15/h4-11H,3,12-14H2,1-2H3. The molecule has 0 unspecified atom stereocenters. The van der Waals surface area contributed by atoms with Crippen LogP contribution in [0.5, 0.6) is 5.88 Å². The van der Waals surface area contributed by atoms with Crippen molar-refractivity contribution in [1.82, 2.24) is 9.88 Å². The smallest absolute Gasteiger partial charge is 0.259 e. The fraction of sp³-hybridized carbons (Fsp3) is 0.333. The summed E-state index contributed by atoms with van der Waals surface area (Å²) in [5.74, 6) is 0.262. The highest BCUT2D eigenvalue weighted by atomic mass is 16.5. The van der Waals surface area contributed by atoms with Gasteiger partial charge in [0, 0.05) is 26.4 Å². The van der Waals surface area contributed by atoms with Crippen molar-refractivity contribution in [2.75, 3.05) is 26.9 Å². The Labute approximate surface area is 136 Å². The van der Waals surface area contributed by atoms with Crippen molar-refractivity contribution in [2.24, 2.45) is 0 Å². The molecule has 5 heteroatoms. The summed E-state index contributed by atoms with van der Waals surface area (Å²) in [5.41, 5.74) is 1.54. The molecule has 1 aromatic carbocycles. The predicted octanol–water partition coefficient (Wildman–Crippen LogP) is 2.77. The molecule has 0 aliphatic rings. The second-order valence-electron chi connectivity index (χ2n) is 4.99. The van der Waals surface area contributed by atoms with Crippen molar-refractivity contribution >= 4 is 5.91 Å². The van der Waals surface area contributed by atoms with Gasteiger partial charge in [0.05, 0.1) is 13.2 Å².